The summed E-state index contributed by atoms with van der Waals surface area (Å²) < 4.78 is 0. The standard InChI is InChI=1S/C10H16O/c1-2-10(11)9-7-5-3-4-6-8-9/h2,9H,1,3-8H2. The van der Waals surface area contributed by atoms with Gasteiger partial charge in [-0.05, 0) is 18.9 Å². The molecule has 1 saturated carbocycles. The van der Waals surface area contributed by atoms with E-state index in [2.05, 4.69) is 6.58 Å². The average Bonchev–Trinajstić information content (AvgIpc) is 2.30. The van der Waals surface area contributed by atoms with Crippen molar-refractivity contribution >= 4 is 5.78 Å². The van der Waals surface area contributed by atoms with Gasteiger partial charge in [0.05, 0.1) is 0 Å². The SMILES string of the molecule is C=CC(=O)C1CCCCCC1. The van der Waals surface area contributed by atoms with Crippen LogP contribution in [0.2, 0.25) is 0 Å². The fraction of sp³-hybridized carbons (Fsp3) is 0.700. The molecule has 0 aliphatic heterocycles. The van der Waals surface area contributed by atoms with Crippen molar-refractivity contribution in [3.05, 3.63) is 12.7 Å². The second kappa shape index (κ2) is 4.32. The zero-order valence-corrected chi connectivity index (χ0v) is 7.01. The van der Waals surface area contributed by atoms with Gasteiger partial charge in [0.2, 0.25) is 0 Å². The summed E-state index contributed by atoms with van der Waals surface area (Å²) in [6.45, 7) is 3.52. The monoisotopic (exact) mass is 152 g/mol. The van der Waals surface area contributed by atoms with E-state index in [1.165, 1.54) is 31.8 Å². The molecular formula is C10H16O. The molecule has 0 saturated heterocycles. The Labute approximate surface area is 68.5 Å². The minimum absolute atomic E-state index is 0.256. The molecule has 1 nitrogen and oxygen atoms in total. The van der Waals surface area contributed by atoms with E-state index in [-0.39, 0.29) is 5.78 Å². The zero-order valence-electron chi connectivity index (χ0n) is 7.01. The maximum atomic E-state index is 11.2. The minimum Gasteiger partial charge on any atom is -0.295 e. The van der Waals surface area contributed by atoms with Crippen molar-refractivity contribution in [2.24, 2.45) is 5.92 Å². The summed E-state index contributed by atoms with van der Waals surface area (Å²) in [4.78, 5) is 11.2. The smallest absolute Gasteiger partial charge is 0.158 e. The molecule has 1 rings (SSSR count). The molecule has 62 valence electrons. The van der Waals surface area contributed by atoms with Gasteiger partial charge in [-0.1, -0.05) is 32.3 Å². The third kappa shape index (κ3) is 2.49. The highest BCUT2D eigenvalue weighted by Gasteiger charge is 2.16. The number of carbonyl (C=O) groups is 1. The molecule has 0 aromatic rings. The van der Waals surface area contributed by atoms with Crippen LogP contribution in [-0.2, 0) is 4.79 Å². The largest absolute Gasteiger partial charge is 0.295 e. The summed E-state index contributed by atoms with van der Waals surface area (Å²) in [6, 6.07) is 0. The first-order valence-electron chi connectivity index (χ1n) is 4.51. The average molecular weight is 152 g/mol. The van der Waals surface area contributed by atoms with Crippen LogP contribution in [0.5, 0.6) is 0 Å². The van der Waals surface area contributed by atoms with Gasteiger partial charge in [0.1, 0.15) is 0 Å². The lowest BCUT2D eigenvalue weighted by atomic mass is 9.96. The first-order chi connectivity index (χ1) is 5.34. The number of allylic oxidation sites excluding steroid dienone is 1. The Morgan fingerprint density at radius 1 is 1.18 bits per heavy atom. The Kier molecular flexibility index (Phi) is 3.34. The van der Waals surface area contributed by atoms with Crippen molar-refractivity contribution in [2.45, 2.75) is 38.5 Å². The molecule has 11 heavy (non-hydrogen) atoms. The summed E-state index contributed by atoms with van der Waals surface area (Å²) in [5, 5.41) is 0. The Balaban J connectivity index is 2.42. The minimum atomic E-state index is 0.256. The fourth-order valence-electron chi connectivity index (χ4n) is 1.73. The first kappa shape index (κ1) is 8.51. The van der Waals surface area contributed by atoms with Gasteiger partial charge in [0.15, 0.2) is 5.78 Å². The molecule has 0 heterocycles. The number of rotatable bonds is 2. The van der Waals surface area contributed by atoms with Gasteiger partial charge >= 0.3 is 0 Å². The second-order valence-electron chi connectivity index (χ2n) is 3.29. The van der Waals surface area contributed by atoms with E-state index in [9.17, 15) is 4.79 Å². The molecule has 1 fully saturated rings. The van der Waals surface area contributed by atoms with E-state index in [0.717, 1.165) is 12.8 Å². The van der Waals surface area contributed by atoms with Crippen LogP contribution in [0, 0.1) is 5.92 Å². The Hall–Kier alpha value is -0.590. The highest BCUT2D eigenvalue weighted by atomic mass is 16.1. The summed E-state index contributed by atoms with van der Waals surface area (Å²) >= 11 is 0. The maximum absolute atomic E-state index is 11.2. The number of hydrogen-bond acceptors (Lipinski definition) is 1. The van der Waals surface area contributed by atoms with Crippen LogP contribution in [-0.4, -0.2) is 5.78 Å². The molecule has 1 heteroatoms. The van der Waals surface area contributed by atoms with Gasteiger partial charge in [-0.2, -0.15) is 0 Å². The second-order valence-corrected chi connectivity index (χ2v) is 3.29. The highest BCUT2D eigenvalue weighted by molar-refractivity contribution is 5.91. The third-order valence-corrected chi connectivity index (χ3v) is 2.46. The van der Waals surface area contributed by atoms with Crippen LogP contribution in [0.15, 0.2) is 12.7 Å². The summed E-state index contributed by atoms with van der Waals surface area (Å²) in [7, 11) is 0. The highest BCUT2D eigenvalue weighted by Crippen LogP contribution is 2.23. The zero-order chi connectivity index (χ0) is 8.10. The lowest BCUT2D eigenvalue weighted by Gasteiger charge is -2.08. The first-order valence-corrected chi connectivity index (χ1v) is 4.51. The van der Waals surface area contributed by atoms with Crippen LogP contribution in [0.4, 0.5) is 0 Å². The van der Waals surface area contributed by atoms with E-state index in [4.69, 9.17) is 0 Å². The van der Waals surface area contributed by atoms with Crippen molar-refractivity contribution in [1.82, 2.24) is 0 Å². The van der Waals surface area contributed by atoms with Crippen molar-refractivity contribution in [3.8, 4) is 0 Å². The van der Waals surface area contributed by atoms with Gasteiger partial charge in [-0.25, -0.2) is 0 Å². The maximum Gasteiger partial charge on any atom is 0.158 e. The quantitative estimate of drug-likeness (QED) is 0.439. The molecule has 1 aliphatic carbocycles. The number of carbonyl (C=O) groups excluding carboxylic acids is 1. The van der Waals surface area contributed by atoms with Crippen molar-refractivity contribution in [2.75, 3.05) is 0 Å². The number of ketones is 1. The van der Waals surface area contributed by atoms with Crippen LogP contribution in [0.1, 0.15) is 38.5 Å². The van der Waals surface area contributed by atoms with E-state index < -0.39 is 0 Å². The lowest BCUT2D eigenvalue weighted by Crippen LogP contribution is -2.10. The molecule has 0 aromatic heterocycles. The summed E-state index contributed by atoms with van der Waals surface area (Å²) in [5.74, 6) is 0.557. The normalized spacial score (nSPS) is 20.7. The molecule has 1 aliphatic rings. The Morgan fingerprint density at radius 3 is 2.18 bits per heavy atom. The molecular weight excluding hydrogens is 136 g/mol. The molecule has 0 unspecified atom stereocenters. The van der Waals surface area contributed by atoms with Crippen molar-refractivity contribution in [3.63, 3.8) is 0 Å². The molecule has 0 N–H and O–H groups in total. The van der Waals surface area contributed by atoms with E-state index in [1.54, 1.807) is 0 Å². The van der Waals surface area contributed by atoms with Crippen molar-refractivity contribution < 1.29 is 4.79 Å². The molecule has 0 aromatic carbocycles. The molecule has 0 spiro atoms. The van der Waals surface area contributed by atoms with Gasteiger partial charge in [-0.15, -0.1) is 0 Å². The predicted octanol–water partition coefficient (Wildman–Crippen LogP) is 2.71. The van der Waals surface area contributed by atoms with E-state index in [0.29, 0.717) is 5.92 Å². The van der Waals surface area contributed by atoms with Gasteiger partial charge in [0.25, 0.3) is 0 Å². The van der Waals surface area contributed by atoms with E-state index in [1.807, 2.05) is 0 Å². The lowest BCUT2D eigenvalue weighted by molar-refractivity contribution is -0.118. The fourth-order valence-corrected chi connectivity index (χ4v) is 1.73. The Bertz CT molecular complexity index is 141. The molecule has 0 amide bonds. The summed E-state index contributed by atoms with van der Waals surface area (Å²) in [6.07, 6.45) is 8.72. The van der Waals surface area contributed by atoms with Crippen molar-refractivity contribution in [1.29, 1.82) is 0 Å². The number of hydrogen-bond donors (Lipinski definition) is 0. The summed E-state index contributed by atoms with van der Waals surface area (Å²) in [5.41, 5.74) is 0. The van der Waals surface area contributed by atoms with E-state index >= 15 is 0 Å². The molecule has 0 radical (unpaired) electrons. The predicted molar refractivity (Wildman–Crippen MR) is 46.4 cm³/mol. The molecule has 0 bridgehead atoms. The topological polar surface area (TPSA) is 17.1 Å². The van der Waals surface area contributed by atoms with Gasteiger partial charge in [0, 0.05) is 5.92 Å². The molecule has 0 atom stereocenters. The van der Waals surface area contributed by atoms with Crippen LogP contribution < -0.4 is 0 Å². The third-order valence-electron chi connectivity index (χ3n) is 2.46. The Morgan fingerprint density at radius 2 is 1.73 bits per heavy atom. The van der Waals surface area contributed by atoms with Crippen LogP contribution in [0.3, 0.4) is 0 Å². The van der Waals surface area contributed by atoms with Gasteiger partial charge < -0.3 is 0 Å². The van der Waals surface area contributed by atoms with Crippen LogP contribution in [0.25, 0.3) is 0 Å². The van der Waals surface area contributed by atoms with Gasteiger partial charge in [-0.3, -0.25) is 4.79 Å². The van der Waals surface area contributed by atoms with Crippen LogP contribution >= 0.6 is 0 Å².